The molecule has 0 aromatic heterocycles. The molecular formula is C12H13FN2O2. The molecule has 1 rings (SSSR count). The second-order valence-electron chi connectivity index (χ2n) is 3.37. The first-order chi connectivity index (χ1) is 8.19. The first kappa shape index (κ1) is 13.0. The Balaban J connectivity index is 2.58. The molecule has 1 aromatic rings. The molecule has 0 saturated carbocycles. The van der Waals surface area contributed by atoms with E-state index in [-0.39, 0.29) is 17.2 Å². The minimum absolute atomic E-state index is 0.103. The number of nitrogens with zero attached hydrogens (tertiary/aromatic N) is 1. The zero-order valence-corrected chi connectivity index (χ0v) is 9.50. The molecule has 0 heterocycles. The van der Waals surface area contributed by atoms with Crippen LogP contribution in [0.25, 0.3) is 0 Å². The van der Waals surface area contributed by atoms with Crippen LogP contribution < -0.4 is 10.1 Å². The summed E-state index contributed by atoms with van der Waals surface area (Å²) in [6, 6.07) is 5.99. The van der Waals surface area contributed by atoms with Crippen LogP contribution in [0.2, 0.25) is 0 Å². The Labute approximate surface area is 99.0 Å². The lowest BCUT2D eigenvalue weighted by atomic mass is 10.2. The summed E-state index contributed by atoms with van der Waals surface area (Å²) in [5.74, 6) is -0.826. The van der Waals surface area contributed by atoms with Gasteiger partial charge in [0.25, 0.3) is 5.91 Å². The van der Waals surface area contributed by atoms with Gasteiger partial charge in [0.15, 0.2) is 11.6 Å². The predicted molar refractivity (Wildman–Crippen MR) is 60.1 cm³/mol. The number of nitriles is 1. The van der Waals surface area contributed by atoms with Gasteiger partial charge >= 0.3 is 0 Å². The number of hydrogen-bond acceptors (Lipinski definition) is 3. The van der Waals surface area contributed by atoms with E-state index in [0.717, 1.165) is 6.07 Å². The SMILES string of the molecule is COc1ccc(C(=O)NCCCC#N)cc1F. The molecule has 0 saturated heterocycles. The average molecular weight is 236 g/mol. The number of benzene rings is 1. The fourth-order valence-corrected chi connectivity index (χ4v) is 1.28. The number of amides is 1. The van der Waals surface area contributed by atoms with E-state index in [0.29, 0.717) is 19.4 Å². The molecule has 1 aromatic carbocycles. The standard InChI is InChI=1S/C12H13FN2O2/c1-17-11-5-4-9(8-10(11)13)12(16)15-7-3-2-6-14/h4-5,8H,2-3,7H2,1H3,(H,15,16). The average Bonchev–Trinajstić information content (AvgIpc) is 2.34. The Kier molecular flexibility index (Phi) is 4.95. The number of rotatable bonds is 5. The maximum atomic E-state index is 13.3. The van der Waals surface area contributed by atoms with Crippen molar-refractivity contribution in [1.82, 2.24) is 5.32 Å². The third-order valence-electron chi connectivity index (χ3n) is 2.16. The molecule has 17 heavy (non-hydrogen) atoms. The molecule has 0 radical (unpaired) electrons. The van der Waals surface area contributed by atoms with Crippen LogP contribution in [0.15, 0.2) is 18.2 Å². The van der Waals surface area contributed by atoms with Gasteiger partial charge in [-0.3, -0.25) is 4.79 Å². The lowest BCUT2D eigenvalue weighted by molar-refractivity contribution is 0.0953. The van der Waals surface area contributed by atoms with Crippen molar-refractivity contribution in [2.75, 3.05) is 13.7 Å². The van der Waals surface area contributed by atoms with E-state index in [4.69, 9.17) is 10.00 Å². The van der Waals surface area contributed by atoms with Gasteiger partial charge in [-0.2, -0.15) is 5.26 Å². The first-order valence-corrected chi connectivity index (χ1v) is 5.17. The highest BCUT2D eigenvalue weighted by Gasteiger charge is 2.09. The molecule has 1 amide bonds. The second kappa shape index (κ2) is 6.48. The Morgan fingerprint density at radius 2 is 2.35 bits per heavy atom. The van der Waals surface area contributed by atoms with Crippen molar-refractivity contribution in [3.63, 3.8) is 0 Å². The van der Waals surface area contributed by atoms with E-state index < -0.39 is 5.82 Å². The molecule has 0 spiro atoms. The minimum atomic E-state index is -0.572. The van der Waals surface area contributed by atoms with Crippen LogP contribution >= 0.6 is 0 Å². The van der Waals surface area contributed by atoms with E-state index in [2.05, 4.69) is 5.32 Å². The van der Waals surface area contributed by atoms with Gasteiger partial charge in [0.05, 0.1) is 13.2 Å². The maximum Gasteiger partial charge on any atom is 0.251 e. The van der Waals surface area contributed by atoms with Gasteiger partial charge in [0.2, 0.25) is 0 Å². The normalized spacial score (nSPS) is 9.47. The summed E-state index contributed by atoms with van der Waals surface area (Å²) >= 11 is 0. The fraction of sp³-hybridized carbons (Fsp3) is 0.333. The Bertz CT molecular complexity index is 441. The molecule has 1 N–H and O–H groups in total. The second-order valence-corrected chi connectivity index (χ2v) is 3.37. The van der Waals surface area contributed by atoms with E-state index in [1.54, 1.807) is 0 Å². The number of halogens is 1. The molecule has 0 aliphatic rings. The summed E-state index contributed by atoms with van der Waals surface area (Å²) in [4.78, 5) is 11.6. The molecule has 4 nitrogen and oxygen atoms in total. The lowest BCUT2D eigenvalue weighted by Gasteiger charge is -2.06. The van der Waals surface area contributed by atoms with E-state index in [1.165, 1.54) is 19.2 Å². The quantitative estimate of drug-likeness (QED) is 0.794. The number of unbranched alkanes of at least 4 members (excludes halogenated alkanes) is 1. The van der Waals surface area contributed by atoms with Gasteiger partial charge in [0, 0.05) is 18.5 Å². The summed E-state index contributed by atoms with van der Waals surface area (Å²) in [5.41, 5.74) is 0.236. The number of ether oxygens (including phenoxy) is 1. The maximum absolute atomic E-state index is 13.3. The smallest absolute Gasteiger partial charge is 0.251 e. The molecule has 0 atom stereocenters. The van der Waals surface area contributed by atoms with Crippen LogP contribution in [-0.2, 0) is 0 Å². The molecule has 0 unspecified atom stereocenters. The summed E-state index contributed by atoms with van der Waals surface area (Å²) < 4.78 is 18.1. The van der Waals surface area contributed by atoms with Crippen LogP contribution in [0.1, 0.15) is 23.2 Å². The van der Waals surface area contributed by atoms with Crippen molar-refractivity contribution >= 4 is 5.91 Å². The predicted octanol–water partition coefficient (Wildman–Crippen LogP) is 1.87. The van der Waals surface area contributed by atoms with Gasteiger partial charge in [0.1, 0.15) is 0 Å². The van der Waals surface area contributed by atoms with Gasteiger partial charge < -0.3 is 10.1 Å². The van der Waals surface area contributed by atoms with Crippen LogP contribution in [0, 0.1) is 17.1 Å². The van der Waals surface area contributed by atoms with Crippen molar-refractivity contribution < 1.29 is 13.9 Å². The van der Waals surface area contributed by atoms with Gasteiger partial charge in [-0.15, -0.1) is 0 Å². The van der Waals surface area contributed by atoms with Crippen LogP contribution in [0.3, 0.4) is 0 Å². The number of hydrogen-bond donors (Lipinski definition) is 1. The molecule has 0 fully saturated rings. The molecule has 0 bridgehead atoms. The lowest BCUT2D eigenvalue weighted by Crippen LogP contribution is -2.24. The van der Waals surface area contributed by atoms with Gasteiger partial charge in [-0.05, 0) is 24.6 Å². The van der Waals surface area contributed by atoms with Crippen LogP contribution in [0.4, 0.5) is 4.39 Å². The summed E-state index contributed by atoms with van der Waals surface area (Å²) in [6.07, 6.45) is 0.970. The van der Waals surface area contributed by atoms with E-state index in [1.807, 2.05) is 6.07 Å². The molecule has 0 aliphatic heterocycles. The van der Waals surface area contributed by atoms with E-state index >= 15 is 0 Å². The van der Waals surface area contributed by atoms with E-state index in [9.17, 15) is 9.18 Å². The molecular weight excluding hydrogens is 223 g/mol. The fourth-order valence-electron chi connectivity index (χ4n) is 1.28. The van der Waals surface area contributed by atoms with Crippen LogP contribution in [0.5, 0.6) is 5.75 Å². The summed E-state index contributed by atoms with van der Waals surface area (Å²) in [5, 5.41) is 10.9. The minimum Gasteiger partial charge on any atom is -0.494 e. The van der Waals surface area contributed by atoms with Crippen molar-refractivity contribution in [2.24, 2.45) is 0 Å². The monoisotopic (exact) mass is 236 g/mol. The topological polar surface area (TPSA) is 62.1 Å². The third-order valence-corrected chi connectivity index (χ3v) is 2.16. The Hall–Kier alpha value is -2.09. The zero-order valence-electron chi connectivity index (χ0n) is 9.50. The Morgan fingerprint density at radius 1 is 1.59 bits per heavy atom. The number of methoxy groups -OCH3 is 1. The highest BCUT2D eigenvalue weighted by atomic mass is 19.1. The number of carbonyl (C=O) groups excluding carboxylic acids is 1. The number of nitrogens with one attached hydrogen (secondary N) is 1. The highest BCUT2D eigenvalue weighted by Crippen LogP contribution is 2.17. The largest absolute Gasteiger partial charge is 0.494 e. The van der Waals surface area contributed by atoms with Crippen molar-refractivity contribution in [3.05, 3.63) is 29.6 Å². The van der Waals surface area contributed by atoms with Gasteiger partial charge in [-0.25, -0.2) is 4.39 Å². The zero-order chi connectivity index (χ0) is 12.7. The van der Waals surface area contributed by atoms with Crippen LogP contribution in [-0.4, -0.2) is 19.6 Å². The Morgan fingerprint density at radius 3 is 2.94 bits per heavy atom. The van der Waals surface area contributed by atoms with Crippen molar-refractivity contribution in [1.29, 1.82) is 5.26 Å². The summed E-state index contributed by atoms with van der Waals surface area (Å²) in [7, 11) is 1.36. The summed E-state index contributed by atoms with van der Waals surface area (Å²) in [6.45, 7) is 0.403. The number of carbonyl (C=O) groups is 1. The molecule has 0 aliphatic carbocycles. The van der Waals surface area contributed by atoms with Gasteiger partial charge in [-0.1, -0.05) is 0 Å². The first-order valence-electron chi connectivity index (χ1n) is 5.17. The highest BCUT2D eigenvalue weighted by molar-refractivity contribution is 5.94. The van der Waals surface area contributed by atoms with Crippen molar-refractivity contribution in [2.45, 2.75) is 12.8 Å². The molecule has 5 heteroatoms. The third kappa shape index (κ3) is 3.76. The van der Waals surface area contributed by atoms with Crippen molar-refractivity contribution in [3.8, 4) is 11.8 Å². The molecule has 90 valence electrons.